The molecule has 0 atom stereocenters. The van der Waals surface area contributed by atoms with Crippen LogP contribution in [-0.4, -0.2) is 48.7 Å². The lowest BCUT2D eigenvalue weighted by Gasteiger charge is -2.14. The zero-order valence-electron chi connectivity index (χ0n) is 11.5. The van der Waals surface area contributed by atoms with Crippen molar-refractivity contribution in [2.75, 3.05) is 20.1 Å². The monoisotopic (exact) mass is 286 g/mol. The molecule has 1 aromatic heterocycles. The van der Waals surface area contributed by atoms with Gasteiger partial charge in [-0.15, -0.1) is 0 Å². The molecule has 6 nitrogen and oxygen atoms in total. The average Bonchev–Trinajstić information content (AvgIpc) is 3.05. The Bertz CT molecular complexity index is 508. The maximum absolute atomic E-state index is 12.2. The Hall–Kier alpha value is -0.920. The Balaban J connectivity index is 1.94. The highest BCUT2D eigenvalue weighted by Gasteiger charge is 2.22. The van der Waals surface area contributed by atoms with E-state index in [1.165, 1.54) is 23.3 Å². The van der Waals surface area contributed by atoms with Crippen LogP contribution in [0, 0.1) is 0 Å². The second-order valence-electron chi connectivity index (χ2n) is 4.99. The Morgan fingerprint density at radius 1 is 1.53 bits per heavy atom. The first-order chi connectivity index (χ1) is 9.04. The van der Waals surface area contributed by atoms with Gasteiger partial charge in [0, 0.05) is 32.4 Å². The fraction of sp³-hybridized carbons (Fsp3) is 0.750. The predicted octanol–water partition coefficient (Wildman–Crippen LogP) is 0.666. The molecule has 0 aliphatic heterocycles. The lowest BCUT2D eigenvalue weighted by Crippen LogP contribution is -2.27. The topological polar surface area (TPSA) is 67.2 Å². The number of nitrogens with zero attached hydrogens (tertiary/aromatic N) is 3. The maximum Gasteiger partial charge on any atom is 0.245 e. The van der Waals surface area contributed by atoms with Gasteiger partial charge in [-0.05, 0) is 19.3 Å². The smallest absolute Gasteiger partial charge is 0.245 e. The molecule has 0 saturated heterocycles. The first-order valence-corrected chi connectivity index (χ1v) is 8.20. The maximum atomic E-state index is 12.2. The van der Waals surface area contributed by atoms with E-state index in [1.54, 1.807) is 17.9 Å². The minimum absolute atomic E-state index is 0.273. The number of rotatable bonds is 8. The average molecular weight is 286 g/mol. The summed E-state index contributed by atoms with van der Waals surface area (Å²) in [5.41, 5.74) is 0. The van der Waals surface area contributed by atoms with Crippen molar-refractivity contribution in [3.05, 3.63) is 12.4 Å². The minimum atomic E-state index is -3.38. The van der Waals surface area contributed by atoms with Gasteiger partial charge in [0.25, 0.3) is 0 Å². The second-order valence-corrected chi connectivity index (χ2v) is 7.04. The molecule has 0 radical (unpaired) electrons. The second kappa shape index (κ2) is 6.02. The van der Waals surface area contributed by atoms with E-state index in [1.807, 2.05) is 6.92 Å². The van der Waals surface area contributed by atoms with E-state index in [4.69, 9.17) is 0 Å². The van der Waals surface area contributed by atoms with Gasteiger partial charge >= 0.3 is 0 Å². The molecule has 108 valence electrons. The first-order valence-electron chi connectivity index (χ1n) is 6.76. The van der Waals surface area contributed by atoms with Crippen LogP contribution in [0.4, 0.5) is 0 Å². The highest BCUT2D eigenvalue weighted by atomic mass is 32.2. The largest absolute Gasteiger partial charge is 0.312 e. The Morgan fingerprint density at radius 2 is 2.26 bits per heavy atom. The zero-order valence-corrected chi connectivity index (χ0v) is 12.4. The van der Waals surface area contributed by atoms with E-state index < -0.39 is 10.0 Å². The fourth-order valence-electron chi connectivity index (χ4n) is 1.89. The van der Waals surface area contributed by atoms with Crippen LogP contribution in [-0.2, 0) is 16.6 Å². The SMILES string of the molecule is CCCN(C)S(=O)(=O)c1cnn(CCNC2CC2)c1. The third-order valence-electron chi connectivity index (χ3n) is 3.21. The van der Waals surface area contributed by atoms with Crippen LogP contribution in [0.15, 0.2) is 17.3 Å². The van der Waals surface area contributed by atoms with Gasteiger partial charge in [-0.2, -0.15) is 5.10 Å². The summed E-state index contributed by atoms with van der Waals surface area (Å²) in [7, 11) is -1.78. The number of aromatic nitrogens is 2. The van der Waals surface area contributed by atoms with Gasteiger partial charge in [-0.3, -0.25) is 4.68 Å². The summed E-state index contributed by atoms with van der Waals surface area (Å²) in [6, 6.07) is 0.662. The molecule has 0 amide bonds. The summed E-state index contributed by atoms with van der Waals surface area (Å²) >= 11 is 0. The van der Waals surface area contributed by atoms with Crippen LogP contribution in [0.1, 0.15) is 26.2 Å². The summed E-state index contributed by atoms with van der Waals surface area (Å²) in [5, 5.41) is 7.49. The fourth-order valence-corrected chi connectivity index (χ4v) is 3.10. The lowest BCUT2D eigenvalue weighted by atomic mass is 10.5. The number of hydrogen-bond donors (Lipinski definition) is 1. The van der Waals surface area contributed by atoms with Gasteiger partial charge in [0.2, 0.25) is 10.0 Å². The van der Waals surface area contributed by atoms with Gasteiger partial charge in [0.1, 0.15) is 4.90 Å². The third-order valence-corrected chi connectivity index (χ3v) is 5.02. The van der Waals surface area contributed by atoms with Crippen LogP contribution >= 0.6 is 0 Å². The molecule has 1 aliphatic rings. The van der Waals surface area contributed by atoms with Crippen LogP contribution in [0.2, 0.25) is 0 Å². The molecule has 1 fully saturated rings. The molecular weight excluding hydrogens is 264 g/mol. The molecule has 0 spiro atoms. The summed E-state index contributed by atoms with van der Waals surface area (Å²) < 4.78 is 27.4. The molecule has 0 bridgehead atoms. The van der Waals surface area contributed by atoms with Gasteiger partial charge in [0.05, 0.1) is 12.7 Å². The van der Waals surface area contributed by atoms with E-state index >= 15 is 0 Å². The van der Waals surface area contributed by atoms with Gasteiger partial charge < -0.3 is 5.32 Å². The van der Waals surface area contributed by atoms with Crippen molar-refractivity contribution < 1.29 is 8.42 Å². The summed E-state index contributed by atoms with van der Waals surface area (Å²) in [5.74, 6) is 0. The molecular formula is C12H22N4O2S. The third kappa shape index (κ3) is 3.77. The molecule has 2 rings (SSSR count). The number of nitrogens with one attached hydrogen (secondary N) is 1. The number of sulfonamides is 1. The molecule has 1 heterocycles. The summed E-state index contributed by atoms with van der Waals surface area (Å²) in [6.45, 7) is 4.01. The standard InChI is InChI=1S/C12H22N4O2S/c1-3-7-15(2)19(17,18)12-9-14-16(10-12)8-6-13-11-4-5-11/h9-11,13H,3-8H2,1-2H3. The molecule has 1 N–H and O–H groups in total. The van der Waals surface area contributed by atoms with Gasteiger partial charge in [-0.1, -0.05) is 6.92 Å². The van der Waals surface area contributed by atoms with Crippen molar-refractivity contribution in [1.29, 1.82) is 0 Å². The quantitative estimate of drug-likeness (QED) is 0.762. The van der Waals surface area contributed by atoms with E-state index in [2.05, 4.69) is 10.4 Å². The number of hydrogen-bond acceptors (Lipinski definition) is 4. The van der Waals surface area contributed by atoms with Crippen molar-refractivity contribution in [2.24, 2.45) is 0 Å². The van der Waals surface area contributed by atoms with Gasteiger partial charge in [0.15, 0.2) is 0 Å². The van der Waals surface area contributed by atoms with Crippen molar-refractivity contribution >= 4 is 10.0 Å². The molecule has 1 aromatic rings. The van der Waals surface area contributed by atoms with Crippen molar-refractivity contribution in [3.63, 3.8) is 0 Å². The Morgan fingerprint density at radius 3 is 2.89 bits per heavy atom. The molecule has 0 unspecified atom stereocenters. The van der Waals surface area contributed by atoms with Crippen LogP contribution < -0.4 is 5.32 Å². The molecule has 7 heteroatoms. The first kappa shape index (κ1) is 14.5. The predicted molar refractivity (Wildman–Crippen MR) is 73.4 cm³/mol. The van der Waals surface area contributed by atoms with E-state index in [0.717, 1.165) is 13.0 Å². The summed E-state index contributed by atoms with van der Waals surface area (Å²) in [6.07, 6.45) is 6.34. The van der Waals surface area contributed by atoms with E-state index in [0.29, 0.717) is 19.1 Å². The molecule has 19 heavy (non-hydrogen) atoms. The normalized spacial score (nSPS) is 16.2. The van der Waals surface area contributed by atoms with Crippen molar-refractivity contribution in [3.8, 4) is 0 Å². The van der Waals surface area contributed by atoms with Gasteiger partial charge in [-0.25, -0.2) is 12.7 Å². The Labute approximate surface area is 114 Å². The lowest BCUT2D eigenvalue weighted by molar-refractivity contribution is 0.468. The van der Waals surface area contributed by atoms with E-state index in [-0.39, 0.29) is 4.90 Å². The van der Waals surface area contributed by atoms with Crippen LogP contribution in [0.5, 0.6) is 0 Å². The molecule has 1 saturated carbocycles. The molecule has 1 aliphatic carbocycles. The minimum Gasteiger partial charge on any atom is -0.312 e. The van der Waals surface area contributed by atoms with Crippen molar-refractivity contribution in [2.45, 2.75) is 43.7 Å². The van der Waals surface area contributed by atoms with Crippen LogP contribution in [0.25, 0.3) is 0 Å². The highest BCUT2D eigenvalue weighted by Crippen LogP contribution is 2.18. The molecule has 0 aromatic carbocycles. The summed E-state index contributed by atoms with van der Waals surface area (Å²) in [4.78, 5) is 0.273. The van der Waals surface area contributed by atoms with Crippen LogP contribution in [0.3, 0.4) is 0 Å². The highest BCUT2D eigenvalue weighted by molar-refractivity contribution is 7.89. The Kier molecular flexibility index (Phi) is 4.59. The van der Waals surface area contributed by atoms with E-state index in [9.17, 15) is 8.42 Å². The zero-order chi connectivity index (χ0) is 13.9. The van der Waals surface area contributed by atoms with Crippen molar-refractivity contribution in [1.82, 2.24) is 19.4 Å².